The van der Waals surface area contributed by atoms with Gasteiger partial charge in [0.1, 0.15) is 4.49 Å². The lowest BCUT2D eigenvalue weighted by molar-refractivity contribution is 1.18. The molecule has 0 N–H and O–H groups in total. The van der Waals surface area contributed by atoms with Gasteiger partial charge in [-0.3, -0.25) is 0 Å². The van der Waals surface area contributed by atoms with Crippen LogP contribution in [0.2, 0.25) is 0 Å². The number of allylic oxidation sites excluding steroid dienone is 1. The number of hydrogen-bond acceptors (Lipinski definition) is 0. The fourth-order valence-corrected chi connectivity index (χ4v) is 1.56. The maximum Gasteiger partial charge on any atom is 0.121 e. The summed E-state index contributed by atoms with van der Waals surface area (Å²) in [6.07, 6.45) is 0.593. The van der Waals surface area contributed by atoms with E-state index >= 15 is 0 Å². The highest BCUT2D eigenvalue weighted by Gasteiger charge is 2.03. The van der Waals surface area contributed by atoms with Crippen LogP contribution in [0.15, 0.2) is 27.7 Å². The third kappa shape index (κ3) is 3.20. The van der Waals surface area contributed by atoms with Gasteiger partial charge in [0, 0.05) is 6.42 Å². The molecular weight excluding hydrogens is 238 g/mol. The first kappa shape index (κ1) is 11.9. The van der Waals surface area contributed by atoms with Crippen LogP contribution in [-0.2, 0) is 6.42 Å². The van der Waals surface area contributed by atoms with Crippen molar-refractivity contribution in [2.24, 2.45) is 0 Å². The van der Waals surface area contributed by atoms with Gasteiger partial charge in [0.15, 0.2) is 0 Å². The Kier molecular flexibility index (Phi) is 4.31. The summed E-state index contributed by atoms with van der Waals surface area (Å²) in [4.78, 5) is 0. The minimum Gasteiger partial charge on any atom is -0.0862 e. The van der Waals surface area contributed by atoms with Gasteiger partial charge >= 0.3 is 0 Å². The molecular formula is C11H11Cl3. The first-order valence-electron chi connectivity index (χ1n) is 4.26. The van der Waals surface area contributed by atoms with Gasteiger partial charge in [-0.2, -0.15) is 0 Å². The smallest absolute Gasteiger partial charge is 0.0862 e. The fraction of sp³-hybridized carbons (Fsp3) is 0.273. The number of rotatable bonds is 2. The van der Waals surface area contributed by atoms with Crippen molar-refractivity contribution in [2.45, 2.75) is 20.3 Å². The van der Waals surface area contributed by atoms with E-state index in [2.05, 4.69) is 26.0 Å². The lowest BCUT2D eigenvalue weighted by Crippen LogP contribution is -1.90. The Hall–Kier alpha value is -0.170. The Morgan fingerprint density at radius 1 is 1.14 bits per heavy atom. The number of hydrogen-bond donors (Lipinski definition) is 0. The summed E-state index contributed by atoms with van der Waals surface area (Å²) in [7, 11) is 0. The molecule has 0 unspecified atom stereocenters. The van der Waals surface area contributed by atoms with Crippen molar-refractivity contribution in [3.8, 4) is 0 Å². The van der Waals surface area contributed by atoms with Gasteiger partial charge in [-0.25, -0.2) is 0 Å². The van der Waals surface area contributed by atoms with E-state index in [1.165, 1.54) is 11.1 Å². The van der Waals surface area contributed by atoms with Crippen LogP contribution in [0.4, 0.5) is 0 Å². The van der Waals surface area contributed by atoms with Gasteiger partial charge in [-0.15, -0.1) is 0 Å². The molecule has 0 aromatic heterocycles. The van der Waals surface area contributed by atoms with Crippen LogP contribution in [0.1, 0.15) is 16.7 Å². The van der Waals surface area contributed by atoms with Crippen LogP contribution in [0, 0.1) is 13.8 Å². The van der Waals surface area contributed by atoms with Gasteiger partial charge < -0.3 is 0 Å². The molecule has 0 radical (unpaired) electrons. The SMILES string of the molecule is Cc1ccc(CC(Cl)=C(Cl)Cl)c(C)c1. The molecule has 14 heavy (non-hydrogen) atoms. The van der Waals surface area contributed by atoms with E-state index < -0.39 is 0 Å². The van der Waals surface area contributed by atoms with Crippen LogP contribution >= 0.6 is 34.8 Å². The average molecular weight is 250 g/mol. The number of benzene rings is 1. The molecule has 1 aromatic rings. The summed E-state index contributed by atoms with van der Waals surface area (Å²) in [5.41, 5.74) is 3.60. The molecule has 1 rings (SSSR count). The summed E-state index contributed by atoms with van der Waals surface area (Å²) in [6.45, 7) is 4.11. The zero-order chi connectivity index (χ0) is 10.7. The Morgan fingerprint density at radius 3 is 2.29 bits per heavy atom. The van der Waals surface area contributed by atoms with E-state index in [1.807, 2.05) is 6.07 Å². The standard InChI is InChI=1S/C11H11Cl3/c1-7-3-4-9(8(2)5-7)6-10(12)11(13)14/h3-5H,6H2,1-2H3. The van der Waals surface area contributed by atoms with E-state index in [0.717, 1.165) is 5.56 Å². The van der Waals surface area contributed by atoms with Crippen molar-refractivity contribution in [1.29, 1.82) is 0 Å². The zero-order valence-corrected chi connectivity index (χ0v) is 10.3. The topological polar surface area (TPSA) is 0 Å². The summed E-state index contributed by atoms with van der Waals surface area (Å²) in [5, 5.41) is 0.486. The number of aryl methyl sites for hydroxylation is 2. The molecule has 0 aliphatic rings. The second-order valence-electron chi connectivity index (χ2n) is 3.27. The highest BCUT2D eigenvalue weighted by atomic mass is 35.5. The van der Waals surface area contributed by atoms with Crippen molar-refractivity contribution in [3.05, 3.63) is 44.4 Å². The van der Waals surface area contributed by atoms with Crippen LogP contribution in [0.5, 0.6) is 0 Å². The summed E-state index contributed by atoms with van der Waals surface area (Å²) in [6, 6.07) is 6.21. The summed E-state index contributed by atoms with van der Waals surface area (Å²) >= 11 is 17.0. The quantitative estimate of drug-likeness (QED) is 0.711. The fourth-order valence-electron chi connectivity index (χ4n) is 1.28. The molecule has 1 aromatic carbocycles. The Morgan fingerprint density at radius 2 is 1.79 bits per heavy atom. The van der Waals surface area contributed by atoms with Gasteiger partial charge in [0.2, 0.25) is 0 Å². The molecule has 0 spiro atoms. The summed E-state index contributed by atoms with van der Waals surface area (Å²) in [5.74, 6) is 0. The average Bonchev–Trinajstić information content (AvgIpc) is 2.09. The molecule has 0 amide bonds. The zero-order valence-electron chi connectivity index (χ0n) is 8.07. The lowest BCUT2D eigenvalue weighted by Gasteiger charge is -2.05. The maximum absolute atomic E-state index is 5.88. The molecule has 0 saturated heterocycles. The molecule has 3 heteroatoms. The molecule has 0 aliphatic carbocycles. The minimum absolute atomic E-state index is 0.145. The maximum atomic E-state index is 5.88. The molecule has 0 atom stereocenters. The molecule has 0 nitrogen and oxygen atoms in total. The van der Waals surface area contributed by atoms with Crippen LogP contribution < -0.4 is 0 Å². The Bertz CT molecular complexity index is 363. The third-order valence-corrected chi connectivity index (χ3v) is 3.02. The Balaban J connectivity index is 2.93. The Labute approximate surface area is 99.5 Å². The highest BCUT2D eigenvalue weighted by molar-refractivity contribution is 6.59. The van der Waals surface area contributed by atoms with Crippen molar-refractivity contribution in [1.82, 2.24) is 0 Å². The van der Waals surface area contributed by atoms with E-state index in [-0.39, 0.29) is 4.49 Å². The van der Waals surface area contributed by atoms with Crippen molar-refractivity contribution in [3.63, 3.8) is 0 Å². The second kappa shape index (κ2) is 5.06. The molecule has 0 fully saturated rings. The van der Waals surface area contributed by atoms with Gasteiger partial charge in [-0.1, -0.05) is 58.6 Å². The first-order chi connectivity index (χ1) is 6.50. The van der Waals surface area contributed by atoms with Crippen molar-refractivity contribution >= 4 is 34.8 Å². The molecule has 0 aliphatic heterocycles. The van der Waals surface area contributed by atoms with Gasteiger partial charge in [0.05, 0.1) is 5.03 Å². The monoisotopic (exact) mass is 248 g/mol. The highest BCUT2D eigenvalue weighted by Crippen LogP contribution is 2.23. The second-order valence-corrected chi connectivity index (χ2v) is 4.68. The first-order valence-corrected chi connectivity index (χ1v) is 5.40. The predicted molar refractivity (Wildman–Crippen MR) is 64.2 cm³/mol. The summed E-state index contributed by atoms with van der Waals surface area (Å²) < 4.78 is 0.145. The van der Waals surface area contributed by atoms with Crippen LogP contribution in [0.25, 0.3) is 0 Å². The molecule has 0 bridgehead atoms. The molecule has 0 heterocycles. The van der Waals surface area contributed by atoms with Crippen molar-refractivity contribution in [2.75, 3.05) is 0 Å². The van der Waals surface area contributed by atoms with Gasteiger partial charge in [0.25, 0.3) is 0 Å². The largest absolute Gasteiger partial charge is 0.121 e. The van der Waals surface area contributed by atoms with Gasteiger partial charge in [-0.05, 0) is 25.0 Å². The molecule has 0 saturated carbocycles. The normalized spacial score (nSPS) is 10.1. The minimum atomic E-state index is 0.145. The predicted octanol–water partition coefficient (Wildman–Crippen LogP) is 4.73. The van der Waals surface area contributed by atoms with Crippen LogP contribution in [0.3, 0.4) is 0 Å². The third-order valence-electron chi connectivity index (χ3n) is 2.05. The van der Waals surface area contributed by atoms with E-state index in [0.29, 0.717) is 11.5 Å². The van der Waals surface area contributed by atoms with Crippen LogP contribution in [-0.4, -0.2) is 0 Å². The lowest BCUT2D eigenvalue weighted by atomic mass is 10.0. The number of halogens is 3. The van der Waals surface area contributed by atoms with E-state index in [9.17, 15) is 0 Å². The molecule has 76 valence electrons. The van der Waals surface area contributed by atoms with E-state index in [1.54, 1.807) is 0 Å². The van der Waals surface area contributed by atoms with Crippen molar-refractivity contribution < 1.29 is 0 Å². The van der Waals surface area contributed by atoms with E-state index in [4.69, 9.17) is 34.8 Å².